The molecular weight excluding hydrogens is 562 g/mol. The van der Waals surface area contributed by atoms with Crippen LogP contribution in [0.2, 0.25) is 0 Å². The Kier molecular flexibility index (Phi) is 13.1. The number of nitrogens with one attached hydrogen (secondary N) is 1. The molecule has 0 unspecified atom stereocenters. The smallest absolute Gasteiger partial charge is 0.243 e. The van der Waals surface area contributed by atoms with Crippen molar-refractivity contribution in [3.05, 3.63) is 95.6 Å². The van der Waals surface area contributed by atoms with Gasteiger partial charge < -0.3 is 15.0 Å². The maximum absolute atomic E-state index is 14.0. The number of aryl methyl sites for hydroxylation is 1. The van der Waals surface area contributed by atoms with Gasteiger partial charge in [0.1, 0.15) is 11.8 Å². The van der Waals surface area contributed by atoms with E-state index in [1.807, 2.05) is 68.4 Å². The number of carbonyl (C=O) groups excluding carboxylic acids is 2. The molecule has 3 aromatic carbocycles. The van der Waals surface area contributed by atoms with Crippen LogP contribution in [-0.4, -0.2) is 57.1 Å². The van der Waals surface area contributed by atoms with E-state index in [1.165, 1.54) is 4.31 Å². The Morgan fingerprint density at radius 1 is 0.907 bits per heavy atom. The van der Waals surface area contributed by atoms with Crippen molar-refractivity contribution in [1.29, 1.82) is 0 Å². The average Bonchev–Trinajstić information content (AvgIpc) is 2.98. The highest BCUT2D eigenvalue weighted by atomic mass is 32.2. The number of benzene rings is 3. The Bertz CT molecular complexity index is 1410. The Hall–Kier alpha value is -3.85. The van der Waals surface area contributed by atoms with Crippen molar-refractivity contribution in [2.24, 2.45) is 0 Å². The van der Waals surface area contributed by atoms with E-state index in [1.54, 1.807) is 29.2 Å². The molecule has 0 aliphatic heterocycles. The Balaban J connectivity index is 1.86. The standard InChI is InChI=1S/C34H45N3O5S/c1-5-7-23-35-34(39)32(25-28-15-9-8-10-16-28)36(26-29-17-12-11-14-27(29)3)33(38)18-13-24-37(43(4,40)41)30-19-21-31(22-20-30)42-6-2/h8-12,14-17,19-22,32H,5-7,13,18,23-26H2,1-4H3,(H,35,39)/t32-/m1/s1. The Labute approximate surface area is 257 Å². The van der Waals surface area contributed by atoms with E-state index in [4.69, 9.17) is 4.74 Å². The summed E-state index contributed by atoms with van der Waals surface area (Å²) in [6, 6.07) is 23.7. The van der Waals surface area contributed by atoms with Gasteiger partial charge in [-0.05, 0) is 67.6 Å². The third kappa shape index (κ3) is 10.4. The third-order valence-electron chi connectivity index (χ3n) is 7.29. The first-order valence-electron chi connectivity index (χ1n) is 15.0. The number of nitrogens with zero attached hydrogens (tertiary/aromatic N) is 2. The molecule has 232 valence electrons. The fourth-order valence-corrected chi connectivity index (χ4v) is 5.88. The normalized spacial score (nSPS) is 11.9. The lowest BCUT2D eigenvalue weighted by atomic mass is 10.0. The minimum atomic E-state index is -3.60. The molecule has 0 aliphatic rings. The van der Waals surface area contributed by atoms with E-state index in [9.17, 15) is 18.0 Å². The molecule has 0 spiro atoms. The van der Waals surface area contributed by atoms with Crippen molar-refractivity contribution in [2.75, 3.05) is 30.3 Å². The third-order valence-corrected chi connectivity index (χ3v) is 8.48. The summed E-state index contributed by atoms with van der Waals surface area (Å²) in [6.45, 7) is 7.40. The molecule has 0 fully saturated rings. The zero-order chi connectivity index (χ0) is 31.2. The molecule has 3 rings (SSSR count). The van der Waals surface area contributed by atoms with E-state index in [0.29, 0.717) is 37.4 Å². The van der Waals surface area contributed by atoms with Crippen molar-refractivity contribution >= 4 is 27.5 Å². The van der Waals surface area contributed by atoms with Crippen LogP contribution in [0.25, 0.3) is 0 Å². The first kappa shape index (κ1) is 33.6. The number of unbranched alkanes of at least 4 members (excludes halogenated alkanes) is 1. The van der Waals surface area contributed by atoms with Crippen LogP contribution in [0.1, 0.15) is 56.2 Å². The molecule has 0 radical (unpaired) electrons. The molecular formula is C34H45N3O5S. The molecule has 1 atom stereocenters. The number of rotatable bonds is 17. The highest BCUT2D eigenvalue weighted by Gasteiger charge is 2.30. The van der Waals surface area contributed by atoms with Gasteiger partial charge in [0.25, 0.3) is 0 Å². The van der Waals surface area contributed by atoms with E-state index in [2.05, 4.69) is 12.2 Å². The van der Waals surface area contributed by atoms with Crippen molar-refractivity contribution in [1.82, 2.24) is 10.2 Å². The predicted octanol–water partition coefficient (Wildman–Crippen LogP) is 5.50. The number of ether oxygens (including phenoxy) is 1. The van der Waals surface area contributed by atoms with Crippen molar-refractivity contribution in [3.8, 4) is 5.75 Å². The topological polar surface area (TPSA) is 96.0 Å². The summed E-state index contributed by atoms with van der Waals surface area (Å²) in [6.07, 6.45) is 3.70. The highest BCUT2D eigenvalue weighted by molar-refractivity contribution is 7.92. The molecule has 9 heteroatoms. The van der Waals surface area contributed by atoms with Gasteiger partial charge in [-0.1, -0.05) is 67.9 Å². The number of hydrogen-bond acceptors (Lipinski definition) is 5. The van der Waals surface area contributed by atoms with Crippen molar-refractivity contribution in [3.63, 3.8) is 0 Å². The molecule has 8 nitrogen and oxygen atoms in total. The van der Waals surface area contributed by atoms with E-state index in [-0.39, 0.29) is 31.3 Å². The summed E-state index contributed by atoms with van der Waals surface area (Å²) < 4.78 is 32.2. The first-order chi connectivity index (χ1) is 20.6. The van der Waals surface area contributed by atoms with Crippen LogP contribution in [0, 0.1) is 6.92 Å². The van der Waals surface area contributed by atoms with Crippen LogP contribution in [0.5, 0.6) is 5.75 Å². The monoisotopic (exact) mass is 607 g/mol. The van der Waals surface area contributed by atoms with Crippen LogP contribution in [0.3, 0.4) is 0 Å². The lowest BCUT2D eigenvalue weighted by Crippen LogP contribution is -2.50. The lowest BCUT2D eigenvalue weighted by molar-refractivity contribution is -0.141. The molecule has 1 N–H and O–H groups in total. The zero-order valence-corrected chi connectivity index (χ0v) is 26.6. The van der Waals surface area contributed by atoms with Crippen molar-refractivity contribution < 1.29 is 22.7 Å². The van der Waals surface area contributed by atoms with Gasteiger partial charge in [0.15, 0.2) is 0 Å². The predicted molar refractivity (Wildman–Crippen MR) is 173 cm³/mol. The summed E-state index contributed by atoms with van der Waals surface area (Å²) in [5, 5.41) is 3.04. The number of amides is 2. The maximum Gasteiger partial charge on any atom is 0.243 e. The molecule has 0 heterocycles. The van der Waals surface area contributed by atoms with Gasteiger partial charge in [0, 0.05) is 32.5 Å². The Morgan fingerprint density at radius 3 is 2.21 bits per heavy atom. The zero-order valence-electron chi connectivity index (χ0n) is 25.8. The SMILES string of the molecule is CCCCNC(=O)[C@@H](Cc1ccccc1)N(Cc1ccccc1C)C(=O)CCCN(c1ccc(OCC)cc1)S(C)(=O)=O. The van der Waals surface area contributed by atoms with Gasteiger partial charge in [-0.15, -0.1) is 0 Å². The van der Waals surface area contributed by atoms with Crippen LogP contribution in [-0.2, 0) is 32.6 Å². The van der Waals surface area contributed by atoms with Gasteiger partial charge in [0.05, 0.1) is 18.6 Å². The molecule has 43 heavy (non-hydrogen) atoms. The minimum absolute atomic E-state index is 0.0858. The lowest BCUT2D eigenvalue weighted by Gasteiger charge is -2.32. The first-order valence-corrected chi connectivity index (χ1v) is 16.8. The molecule has 0 saturated heterocycles. The number of hydrogen-bond donors (Lipinski definition) is 1. The average molecular weight is 608 g/mol. The number of carbonyl (C=O) groups is 2. The number of sulfonamides is 1. The van der Waals surface area contributed by atoms with Crippen LogP contribution in [0.4, 0.5) is 5.69 Å². The molecule has 3 aromatic rings. The van der Waals surface area contributed by atoms with Gasteiger partial charge in [-0.3, -0.25) is 13.9 Å². The van der Waals surface area contributed by atoms with Crippen LogP contribution < -0.4 is 14.4 Å². The second kappa shape index (κ2) is 16.7. The summed E-state index contributed by atoms with van der Waals surface area (Å²) in [7, 11) is -3.60. The summed E-state index contributed by atoms with van der Waals surface area (Å²) >= 11 is 0. The van der Waals surface area contributed by atoms with E-state index < -0.39 is 16.1 Å². The van der Waals surface area contributed by atoms with E-state index >= 15 is 0 Å². The second-order valence-corrected chi connectivity index (χ2v) is 12.6. The largest absolute Gasteiger partial charge is 0.494 e. The molecule has 2 amide bonds. The fourth-order valence-electron chi connectivity index (χ4n) is 4.91. The summed E-state index contributed by atoms with van der Waals surface area (Å²) in [5.74, 6) is 0.268. The van der Waals surface area contributed by atoms with Gasteiger partial charge in [-0.25, -0.2) is 8.42 Å². The van der Waals surface area contributed by atoms with Crippen LogP contribution >= 0.6 is 0 Å². The molecule has 0 aromatic heterocycles. The van der Waals surface area contributed by atoms with E-state index in [0.717, 1.165) is 35.8 Å². The maximum atomic E-state index is 14.0. The molecule has 0 bridgehead atoms. The highest BCUT2D eigenvalue weighted by Crippen LogP contribution is 2.23. The van der Waals surface area contributed by atoms with Gasteiger partial charge in [-0.2, -0.15) is 0 Å². The summed E-state index contributed by atoms with van der Waals surface area (Å²) in [5.41, 5.74) is 3.46. The van der Waals surface area contributed by atoms with Crippen molar-refractivity contribution in [2.45, 2.75) is 65.5 Å². The molecule has 0 aliphatic carbocycles. The quantitative estimate of drug-likeness (QED) is 0.205. The number of anilines is 1. The van der Waals surface area contributed by atoms with Gasteiger partial charge in [0.2, 0.25) is 21.8 Å². The minimum Gasteiger partial charge on any atom is -0.494 e. The summed E-state index contributed by atoms with van der Waals surface area (Å²) in [4.78, 5) is 29.2. The molecule has 0 saturated carbocycles. The Morgan fingerprint density at radius 2 is 1.58 bits per heavy atom. The fraction of sp³-hybridized carbons (Fsp3) is 0.412. The second-order valence-electron chi connectivity index (χ2n) is 10.7. The van der Waals surface area contributed by atoms with Crippen LogP contribution in [0.15, 0.2) is 78.9 Å². The van der Waals surface area contributed by atoms with Gasteiger partial charge >= 0.3 is 0 Å².